The number of carbonyl (C=O) groups is 1. The number of cyclic esters (lactones) is 1. The van der Waals surface area contributed by atoms with E-state index in [0.29, 0.717) is 29.0 Å². The van der Waals surface area contributed by atoms with Crippen LogP contribution in [0.2, 0.25) is 0 Å². The van der Waals surface area contributed by atoms with E-state index in [1.807, 2.05) is 42.5 Å². The number of nitrogens with zero attached hydrogens (tertiary/aromatic N) is 2. The topological polar surface area (TPSA) is 91.0 Å². The number of nitro groups is 1. The Labute approximate surface area is 192 Å². The minimum Gasteiger partial charge on any atom is -0.489 e. The average molecular weight is 493 g/mol. The largest absolute Gasteiger partial charge is 0.489 e. The summed E-state index contributed by atoms with van der Waals surface area (Å²) in [7, 11) is 0. The molecule has 0 atom stereocenters. The second kappa shape index (κ2) is 9.15. The van der Waals surface area contributed by atoms with Crippen LogP contribution in [0.4, 0.5) is 5.69 Å². The number of nitro benzene ring substituents is 1. The lowest BCUT2D eigenvalue weighted by Gasteiger charge is -2.08. The molecule has 1 heterocycles. The van der Waals surface area contributed by atoms with Gasteiger partial charge in [-0.2, -0.15) is 0 Å². The van der Waals surface area contributed by atoms with Crippen molar-refractivity contribution in [2.75, 3.05) is 0 Å². The molecule has 3 aromatic carbocycles. The molecule has 0 saturated carbocycles. The molecule has 8 heteroatoms. The van der Waals surface area contributed by atoms with E-state index in [4.69, 9.17) is 9.47 Å². The average Bonchev–Trinajstić information content (AvgIpc) is 3.13. The first-order valence-electron chi connectivity index (χ1n) is 9.65. The van der Waals surface area contributed by atoms with Crippen molar-refractivity contribution in [3.05, 3.63) is 109 Å². The maximum atomic E-state index is 12.4. The third-order valence-corrected chi connectivity index (χ3v) is 5.64. The molecule has 1 aliphatic heterocycles. The number of carbonyl (C=O) groups excluding carboxylic acids is 1. The highest BCUT2D eigenvalue weighted by Gasteiger charge is 2.27. The molecule has 4 rings (SSSR count). The van der Waals surface area contributed by atoms with Crippen LogP contribution in [0.1, 0.15) is 22.3 Å². The smallest absolute Gasteiger partial charge is 0.363 e. The highest BCUT2D eigenvalue weighted by molar-refractivity contribution is 9.10. The Kier molecular flexibility index (Phi) is 6.13. The van der Waals surface area contributed by atoms with Gasteiger partial charge in [-0.15, -0.1) is 0 Å². The third-order valence-electron chi connectivity index (χ3n) is 4.87. The zero-order valence-electron chi connectivity index (χ0n) is 16.9. The van der Waals surface area contributed by atoms with Gasteiger partial charge in [0.05, 0.1) is 4.92 Å². The van der Waals surface area contributed by atoms with E-state index in [0.717, 1.165) is 10.0 Å². The fraction of sp³-hybridized carbons (Fsp3) is 0.0833. The molecule has 160 valence electrons. The number of hydrogen-bond acceptors (Lipinski definition) is 6. The molecule has 0 bridgehead atoms. The van der Waals surface area contributed by atoms with Gasteiger partial charge in [-0.25, -0.2) is 9.79 Å². The third kappa shape index (κ3) is 4.60. The van der Waals surface area contributed by atoms with E-state index >= 15 is 0 Å². The van der Waals surface area contributed by atoms with Gasteiger partial charge >= 0.3 is 5.97 Å². The summed E-state index contributed by atoms with van der Waals surface area (Å²) in [5, 5.41) is 11.2. The Bertz CT molecular complexity index is 1280. The quantitative estimate of drug-likeness (QED) is 0.193. The van der Waals surface area contributed by atoms with Gasteiger partial charge < -0.3 is 9.47 Å². The van der Waals surface area contributed by atoms with E-state index in [2.05, 4.69) is 20.9 Å². The Morgan fingerprint density at radius 1 is 1.12 bits per heavy atom. The lowest BCUT2D eigenvalue weighted by Crippen LogP contribution is -2.08. The monoisotopic (exact) mass is 492 g/mol. The van der Waals surface area contributed by atoms with E-state index in [9.17, 15) is 14.9 Å². The molecule has 32 heavy (non-hydrogen) atoms. The van der Waals surface area contributed by atoms with E-state index in [1.54, 1.807) is 25.1 Å². The van der Waals surface area contributed by atoms with E-state index in [1.165, 1.54) is 12.1 Å². The lowest BCUT2D eigenvalue weighted by atomic mass is 10.1. The summed E-state index contributed by atoms with van der Waals surface area (Å²) < 4.78 is 12.1. The second-order valence-electron chi connectivity index (χ2n) is 7.00. The Balaban J connectivity index is 1.57. The fourth-order valence-corrected chi connectivity index (χ4v) is 3.61. The van der Waals surface area contributed by atoms with Crippen molar-refractivity contribution in [1.29, 1.82) is 0 Å². The van der Waals surface area contributed by atoms with Gasteiger partial charge in [0.25, 0.3) is 5.69 Å². The van der Waals surface area contributed by atoms with Gasteiger partial charge in [0, 0.05) is 27.2 Å². The van der Waals surface area contributed by atoms with Gasteiger partial charge in [-0.05, 0) is 42.8 Å². The molecule has 0 amide bonds. The van der Waals surface area contributed by atoms with Crippen LogP contribution in [0, 0.1) is 17.0 Å². The number of esters is 1. The molecule has 0 N–H and O–H groups in total. The van der Waals surface area contributed by atoms with Gasteiger partial charge in [-0.3, -0.25) is 10.1 Å². The predicted molar refractivity (Wildman–Crippen MR) is 123 cm³/mol. The van der Waals surface area contributed by atoms with Crippen LogP contribution in [0.15, 0.2) is 81.9 Å². The minimum atomic E-state index is -0.620. The minimum absolute atomic E-state index is 0.0452. The Morgan fingerprint density at radius 3 is 2.69 bits per heavy atom. The van der Waals surface area contributed by atoms with Crippen LogP contribution >= 0.6 is 15.9 Å². The molecule has 0 saturated heterocycles. The highest BCUT2D eigenvalue weighted by atomic mass is 79.9. The SMILES string of the molecule is Cc1c(C2=N/C(=C\c3cccc(OCc4ccccc4Br)c3)C(=O)O2)cccc1[N+](=O)[O-]. The zero-order chi connectivity index (χ0) is 22.7. The number of benzene rings is 3. The first-order valence-corrected chi connectivity index (χ1v) is 10.4. The van der Waals surface area contributed by atoms with Crippen LogP contribution in [0.3, 0.4) is 0 Å². The van der Waals surface area contributed by atoms with Crippen molar-refractivity contribution < 1.29 is 19.2 Å². The van der Waals surface area contributed by atoms with Crippen molar-refractivity contribution in [1.82, 2.24) is 0 Å². The molecular formula is C24H17BrN2O5. The molecule has 0 unspecified atom stereocenters. The summed E-state index contributed by atoms with van der Waals surface area (Å²) in [6.07, 6.45) is 1.59. The van der Waals surface area contributed by atoms with Gasteiger partial charge in [0.15, 0.2) is 5.70 Å². The van der Waals surface area contributed by atoms with Gasteiger partial charge in [0.1, 0.15) is 12.4 Å². The maximum Gasteiger partial charge on any atom is 0.363 e. The van der Waals surface area contributed by atoms with Crippen molar-refractivity contribution >= 4 is 39.6 Å². The molecule has 3 aromatic rings. The summed E-state index contributed by atoms with van der Waals surface area (Å²) in [5.41, 5.74) is 2.55. The van der Waals surface area contributed by atoms with Crippen molar-refractivity contribution in [3.8, 4) is 5.75 Å². The summed E-state index contributed by atoms with van der Waals surface area (Å²) >= 11 is 3.50. The maximum absolute atomic E-state index is 12.4. The molecule has 1 aliphatic rings. The summed E-state index contributed by atoms with van der Waals surface area (Å²) in [5.74, 6) is 0.0643. The van der Waals surface area contributed by atoms with Crippen LogP contribution in [0.5, 0.6) is 5.75 Å². The number of ether oxygens (including phenoxy) is 2. The number of aliphatic imine (C=N–C) groups is 1. The van der Waals surface area contributed by atoms with Crippen molar-refractivity contribution in [2.45, 2.75) is 13.5 Å². The first kappa shape index (κ1) is 21.5. The van der Waals surface area contributed by atoms with Gasteiger partial charge in [-0.1, -0.05) is 52.3 Å². The summed E-state index contributed by atoms with van der Waals surface area (Å²) in [4.78, 5) is 27.3. The van der Waals surface area contributed by atoms with Crippen LogP contribution < -0.4 is 4.74 Å². The second-order valence-corrected chi connectivity index (χ2v) is 7.85. The normalized spacial score (nSPS) is 14.2. The van der Waals surface area contributed by atoms with E-state index < -0.39 is 10.9 Å². The molecule has 0 spiro atoms. The number of hydrogen-bond donors (Lipinski definition) is 0. The fourth-order valence-electron chi connectivity index (χ4n) is 3.21. The Morgan fingerprint density at radius 2 is 1.91 bits per heavy atom. The van der Waals surface area contributed by atoms with E-state index in [-0.39, 0.29) is 17.3 Å². The molecule has 7 nitrogen and oxygen atoms in total. The first-order chi connectivity index (χ1) is 15.4. The molecule has 0 radical (unpaired) electrons. The number of rotatable bonds is 6. The van der Waals surface area contributed by atoms with Crippen LogP contribution in [0.25, 0.3) is 6.08 Å². The zero-order valence-corrected chi connectivity index (χ0v) is 18.5. The summed E-state index contributed by atoms with van der Waals surface area (Å²) in [6, 6.07) is 19.6. The molecule has 0 fully saturated rings. The van der Waals surface area contributed by atoms with Gasteiger partial charge in [0.2, 0.25) is 5.90 Å². The summed E-state index contributed by atoms with van der Waals surface area (Å²) in [6.45, 7) is 1.98. The highest BCUT2D eigenvalue weighted by Crippen LogP contribution is 2.27. The Hall–Kier alpha value is -3.78. The van der Waals surface area contributed by atoms with Crippen LogP contribution in [-0.4, -0.2) is 16.8 Å². The lowest BCUT2D eigenvalue weighted by molar-refractivity contribution is -0.385. The van der Waals surface area contributed by atoms with Crippen LogP contribution in [-0.2, 0) is 16.1 Å². The van der Waals surface area contributed by atoms with Crippen molar-refractivity contribution in [3.63, 3.8) is 0 Å². The standard InChI is InChI=1S/C24H17BrN2O5/c1-15-19(9-5-11-22(15)27(29)30)23-26-21(24(28)32-23)13-16-6-4-8-18(12-16)31-14-17-7-2-3-10-20(17)25/h2-13H,14H2,1H3/b21-13-. The molecule has 0 aliphatic carbocycles. The molecular weight excluding hydrogens is 476 g/mol. The van der Waals surface area contributed by atoms with Crippen molar-refractivity contribution in [2.24, 2.45) is 4.99 Å². The number of halogens is 1. The molecule has 0 aromatic heterocycles. The predicted octanol–water partition coefficient (Wildman–Crippen LogP) is 5.59.